The minimum Gasteiger partial charge on any atom is -0.484 e. The maximum atomic E-state index is 11.9. The van der Waals surface area contributed by atoms with E-state index in [9.17, 15) is 14.4 Å². The first-order valence-electron chi connectivity index (χ1n) is 10.9. The van der Waals surface area contributed by atoms with Crippen molar-refractivity contribution in [2.24, 2.45) is 5.10 Å². The van der Waals surface area contributed by atoms with Crippen molar-refractivity contribution in [3.05, 3.63) is 65.7 Å². The molecule has 9 heteroatoms. The zero-order valence-electron chi connectivity index (χ0n) is 18.3. The van der Waals surface area contributed by atoms with Crippen LogP contribution in [0, 0.1) is 0 Å². The molecular weight excluding hydrogens is 424 g/mol. The predicted octanol–water partition coefficient (Wildman–Crippen LogP) is 1.17. The third kappa shape index (κ3) is 8.74. The lowest BCUT2D eigenvalue weighted by Gasteiger charge is -2.09. The molecule has 3 N–H and O–H groups in total. The molecule has 1 heterocycles. The van der Waals surface area contributed by atoms with E-state index in [2.05, 4.69) is 21.2 Å². The summed E-state index contributed by atoms with van der Waals surface area (Å²) in [6.07, 6.45) is 3.96. The van der Waals surface area contributed by atoms with Crippen LogP contribution in [0.4, 0.5) is 0 Å². The summed E-state index contributed by atoms with van der Waals surface area (Å²) >= 11 is 0. The first-order valence-corrected chi connectivity index (χ1v) is 10.9. The number of carbonyl (C=O) groups excluding carboxylic acids is 3. The lowest BCUT2D eigenvalue weighted by atomic mass is 10.1. The van der Waals surface area contributed by atoms with E-state index in [0.29, 0.717) is 31.0 Å². The number of rotatable bonds is 10. The number of ether oxygens (including phenoxy) is 2. The van der Waals surface area contributed by atoms with Gasteiger partial charge < -0.3 is 20.1 Å². The van der Waals surface area contributed by atoms with Crippen molar-refractivity contribution in [2.45, 2.75) is 25.4 Å². The second-order valence-electron chi connectivity index (χ2n) is 7.49. The third-order valence-corrected chi connectivity index (χ3v) is 4.93. The molecule has 2 aromatic carbocycles. The number of hydrazone groups is 1. The number of hydrogen-bond donors (Lipinski definition) is 3. The summed E-state index contributed by atoms with van der Waals surface area (Å²) in [5, 5.41) is 9.13. The van der Waals surface area contributed by atoms with Crippen molar-refractivity contribution < 1.29 is 23.9 Å². The van der Waals surface area contributed by atoms with Crippen molar-refractivity contribution >= 4 is 23.9 Å². The van der Waals surface area contributed by atoms with Crippen LogP contribution in [0.5, 0.6) is 5.75 Å². The Bertz CT molecular complexity index is 941. The highest BCUT2D eigenvalue weighted by atomic mass is 16.5. The van der Waals surface area contributed by atoms with Gasteiger partial charge in [-0.1, -0.05) is 30.3 Å². The molecule has 1 aliphatic heterocycles. The summed E-state index contributed by atoms with van der Waals surface area (Å²) in [6.45, 7) is 1.45. The maximum Gasteiger partial charge on any atom is 0.329 e. The van der Waals surface area contributed by atoms with Crippen LogP contribution in [0.25, 0.3) is 0 Å². The van der Waals surface area contributed by atoms with E-state index in [4.69, 9.17) is 9.47 Å². The van der Waals surface area contributed by atoms with Crippen LogP contribution in [0.2, 0.25) is 0 Å². The van der Waals surface area contributed by atoms with E-state index < -0.39 is 11.8 Å². The quantitative estimate of drug-likeness (QED) is 0.284. The number of nitrogens with one attached hydrogen (secondary N) is 3. The molecule has 0 radical (unpaired) electrons. The van der Waals surface area contributed by atoms with Crippen LogP contribution >= 0.6 is 0 Å². The summed E-state index contributed by atoms with van der Waals surface area (Å²) < 4.78 is 10.9. The van der Waals surface area contributed by atoms with Crippen LogP contribution in [0.15, 0.2) is 59.7 Å². The molecule has 1 fully saturated rings. The molecule has 2 aromatic rings. The largest absolute Gasteiger partial charge is 0.484 e. The van der Waals surface area contributed by atoms with Gasteiger partial charge in [-0.3, -0.25) is 14.4 Å². The van der Waals surface area contributed by atoms with Crippen molar-refractivity contribution in [3.63, 3.8) is 0 Å². The average Bonchev–Trinajstić information content (AvgIpc) is 3.36. The highest BCUT2D eigenvalue weighted by Crippen LogP contribution is 2.11. The Morgan fingerprint density at radius 1 is 1.03 bits per heavy atom. The minimum atomic E-state index is -0.845. The molecule has 9 nitrogen and oxygen atoms in total. The Hall–Kier alpha value is -3.72. The molecule has 1 atom stereocenters. The molecular formula is C24H28N4O5. The van der Waals surface area contributed by atoms with E-state index in [1.165, 1.54) is 6.21 Å². The fourth-order valence-corrected chi connectivity index (χ4v) is 3.15. The van der Waals surface area contributed by atoms with E-state index >= 15 is 0 Å². The van der Waals surface area contributed by atoms with Crippen molar-refractivity contribution in [1.29, 1.82) is 0 Å². The fourth-order valence-electron chi connectivity index (χ4n) is 3.15. The number of nitrogens with zero attached hydrogens (tertiary/aromatic N) is 1. The molecule has 3 rings (SSSR count). The first kappa shape index (κ1) is 23.9. The van der Waals surface area contributed by atoms with Gasteiger partial charge in [0.05, 0.1) is 12.3 Å². The Kier molecular flexibility index (Phi) is 9.41. The molecule has 0 unspecified atom stereocenters. The van der Waals surface area contributed by atoms with Gasteiger partial charge in [0.15, 0.2) is 6.61 Å². The van der Waals surface area contributed by atoms with Crippen molar-refractivity contribution in [3.8, 4) is 5.75 Å². The Morgan fingerprint density at radius 2 is 1.82 bits per heavy atom. The van der Waals surface area contributed by atoms with E-state index in [-0.39, 0.29) is 18.6 Å². The molecule has 0 aliphatic carbocycles. The van der Waals surface area contributed by atoms with Crippen LogP contribution in [-0.4, -0.2) is 56.3 Å². The summed E-state index contributed by atoms with van der Waals surface area (Å²) in [5.74, 6) is -1.27. The monoisotopic (exact) mass is 452 g/mol. The second kappa shape index (κ2) is 13.0. The lowest BCUT2D eigenvalue weighted by Crippen LogP contribution is -2.41. The normalized spacial score (nSPS) is 15.2. The first-order chi connectivity index (χ1) is 16.1. The summed E-state index contributed by atoms with van der Waals surface area (Å²) in [6, 6.07) is 16.7. The Morgan fingerprint density at radius 3 is 2.55 bits per heavy atom. The molecule has 33 heavy (non-hydrogen) atoms. The topological polar surface area (TPSA) is 118 Å². The number of amides is 3. The molecule has 0 saturated carbocycles. The van der Waals surface area contributed by atoms with Crippen LogP contribution < -0.4 is 20.8 Å². The van der Waals surface area contributed by atoms with Gasteiger partial charge in [0.2, 0.25) is 0 Å². The SMILES string of the molecule is O=C(COc1ccc(/C=N\NC(=O)C(=O)NC[C@@H]2CCCO2)cc1)NCCc1ccccc1. The standard InChI is InChI=1S/C24H28N4O5/c29-22(25-13-12-18-5-2-1-3-6-18)17-33-20-10-8-19(9-11-20)15-27-28-24(31)23(30)26-16-21-7-4-14-32-21/h1-3,5-6,8-11,15,21H,4,7,12-14,16-17H2,(H,25,29)(H,26,30)(H,28,31)/b27-15-/t21-/m0/s1. The maximum absolute atomic E-state index is 11.9. The Balaban J connectivity index is 1.31. The molecule has 0 bridgehead atoms. The minimum absolute atomic E-state index is 0.0358. The van der Waals surface area contributed by atoms with Crippen LogP contribution in [-0.2, 0) is 25.5 Å². The second-order valence-corrected chi connectivity index (χ2v) is 7.49. The predicted molar refractivity (Wildman–Crippen MR) is 123 cm³/mol. The van der Waals surface area contributed by atoms with Crippen molar-refractivity contribution in [2.75, 3.05) is 26.3 Å². The van der Waals surface area contributed by atoms with E-state index in [1.807, 2.05) is 30.3 Å². The van der Waals surface area contributed by atoms with Gasteiger partial charge in [0.25, 0.3) is 5.91 Å². The smallest absolute Gasteiger partial charge is 0.329 e. The van der Waals surface area contributed by atoms with Crippen LogP contribution in [0.3, 0.4) is 0 Å². The van der Waals surface area contributed by atoms with Gasteiger partial charge in [-0.05, 0) is 54.7 Å². The van der Waals surface area contributed by atoms with E-state index in [1.54, 1.807) is 24.3 Å². The zero-order valence-corrected chi connectivity index (χ0v) is 18.3. The van der Waals surface area contributed by atoms with Gasteiger partial charge >= 0.3 is 11.8 Å². The molecule has 174 valence electrons. The highest BCUT2D eigenvalue weighted by molar-refractivity contribution is 6.35. The van der Waals surface area contributed by atoms with Gasteiger partial charge in [-0.25, -0.2) is 5.43 Å². The van der Waals surface area contributed by atoms with Crippen LogP contribution in [0.1, 0.15) is 24.0 Å². The third-order valence-electron chi connectivity index (χ3n) is 4.93. The molecule has 0 aromatic heterocycles. The van der Waals surface area contributed by atoms with Gasteiger partial charge in [0.1, 0.15) is 5.75 Å². The number of benzene rings is 2. The van der Waals surface area contributed by atoms with Gasteiger partial charge in [0, 0.05) is 19.7 Å². The Labute approximate surface area is 192 Å². The molecule has 3 amide bonds. The molecule has 1 aliphatic rings. The summed E-state index contributed by atoms with van der Waals surface area (Å²) in [5.41, 5.74) is 4.03. The summed E-state index contributed by atoms with van der Waals surface area (Å²) in [4.78, 5) is 35.4. The fraction of sp³-hybridized carbons (Fsp3) is 0.333. The molecule has 1 saturated heterocycles. The number of carbonyl (C=O) groups is 3. The highest BCUT2D eigenvalue weighted by Gasteiger charge is 2.18. The molecule has 0 spiro atoms. The van der Waals surface area contributed by atoms with Gasteiger partial charge in [-0.2, -0.15) is 5.10 Å². The summed E-state index contributed by atoms with van der Waals surface area (Å²) in [7, 11) is 0. The zero-order chi connectivity index (χ0) is 23.3. The van der Waals surface area contributed by atoms with Gasteiger partial charge in [-0.15, -0.1) is 0 Å². The van der Waals surface area contributed by atoms with E-state index in [0.717, 1.165) is 24.8 Å². The number of hydrogen-bond acceptors (Lipinski definition) is 6. The lowest BCUT2D eigenvalue weighted by molar-refractivity contribution is -0.139. The average molecular weight is 453 g/mol. The van der Waals surface area contributed by atoms with Crippen molar-refractivity contribution in [1.82, 2.24) is 16.1 Å².